The quantitative estimate of drug-likeness (QED) is 0.774. The van der Waals surface area contributed by atoms with E-state index in [0.717, 1.165) is 11.0 Å². The molecule has 0 atom stereocenters. The number of benzene rings is 2. The number of nitrogens with one attached hydrogen (secondary N) is 1. The van der Waals surface area contributed by atoms with Gasteiger partial charge in [0.05, 0.1) is 0 Å². The Morgan fingerprint density at radius 1 is 1.15 bits per heavy atom. The molecular weight excluding hydrogens is 330 g/mol. The van der Waals surface area contributed by atoms with Gasteiger partial charge >= 0.3 is 0 Å². The zero-order valence-corrected chi connectivity index (χ0v) is 14.5. The van der Waals surface area contributed by atoms with Gasteiger partial charge in [0.15, 0.2) is 0 Å². The van der Waals surface area contributed by atoms with Crippen molar-refractivity contribution >= 4 is 27.7 Å². The van der Waals surface area contributed by atoms with E-state index in [0.29, 0.717) is 6.04 Å². The highest BCUT2D eigenvalue weighted by Gasteiger charge is 2.04. The molecule has 0 aliphatic heterocycles. The molecule has 0 bridgehead atoms. The molecular formula is C17H20BrNS. The molecule has 1 nitrogen and oxygen atoms in total. The SMILES string of the molecule is Cc1cccc(Sc2ccc(CNC(C)C)cc2Br)c1. The van der Waals surface area contributed by atoms with Crippen LogP contribution in [0.3, 0.4) is 0 Å². The largest absolute Gasteiger partial charge is 0.310 e. The first kappa shape index (κ1) is 15.6. The minimum Gasteiger partial charge on any atom is -0.310 e. The van der Waals surface area contributed by atoms with Gasteiger partial charge < -0.3 is 5.32 Å². The summed E-state index contributed by atoms with van der Waals surface area (Å²) in [6.45, 7) is 7.36. The molecule has 0 aliphatic rings. The molecule has 2 aromatic carbocycles. The Morgan fingerprint density at radius 2 is 1.95 bits per heavy atom. The van der Waals surface area contributed by atoms with E-state index in [1.165, 1.54) is 20.9 Å². The molecule has 0 aromatic heterocycles. The second-order valence-electron chi connectivity index (χ2n) is 5.22. The Labute approximate surface area is 134 Å². The third kappa shape index (κ3) is 4.65. The van der Waals surface area contributed by atoms with Gasteiger partial charge in [-0.2, -0.15) is 0 Å². The molecule has 0 spiro atoms. The Balaban J connectivity index is 2.09. The van der Waals surface area contributed by atoms with E-state index in [1.54, 1.807) is 11.8 Å². The number of halogens is 1. The average molecular weight is 350 g/mol. The summed E-state index contributed by atoms with van der Waals surface area (Å²) < 4.78 is 1.16. The maximum atomic E-state index is 3.68. The van der Waals surface area contributed by atoms with Crippen molar-refractivity contribution in [3.63, 3.8) is 0 Å². The Morgan fingerprint density at radius 3 is 2.60 bits per heavy atom. The van der Waals surface area contributed by atoms with E-state index in [1.807, 2.05) is 0 Å². The zero-order valence-electron chi connectivity index (χ0n) is 12.1. The second kappa shape index (κ2) is 7.30. The predicted molar refractivity (Wildman–Crippen MR) is 91.4 cm³/mol. The number of hydrogen-bond acceptors (Lipinski definition) is 2. The molecule has 0 saturated carbocycles. The van der Waals surface area contributed by atoms with Crippen LogP contribution in [0.15, 0.2) is 56.7 Å². The highest BCUT2D eigenvalue weighted by molar-refractivity contribution is 9.10. The molecule has 0 aliphatic carbocycles. The van der Waals surface area contributed by atoms with Gasteiger partial charge in [0, 0.05) is 26.9 Å². The van der Waals surface area contributed by atoms with Crippen LogP contribution in [0.25, 0.3) is 0 Å². The highest BCUT2D eigenvalue weighted by atomic mass is 79.9. The van der Waals surface area contributed by atoms with Crippen LogP contribution in [0.2, 0.25) is 0 Å². The Bertz CT molecular complexity index is 581. The van der Waals surface area contributed by atoms with E-state index >= 15 is 0 Å². The van der Waals surface area contributed by atoms with Gasteiger partial charge in [-0.1, -0.05) is 49.4 Å². The molecule has 0 unspecified atom stereocenters. The third-order valence-corrected chi connectivity index (χ3v) is 4.91. The predicted octanol–water partition coefficient (Wildman–Crippen LogP) is 5.41. The zero-order chi connectivity index (χ0) is 14.5. The standard InChI is InChI=1S/C17H20BrNS/c1-12(2)19-11-14-7-8-17(16(18)10-14)20-15-6-4-5-13(3)9-15/h4-10,12,19H,11H2,1-3H3. The lowest BCUT2D eigenvalue weighted by Crippen LogP contribution is -2.21. The van der Waals surface area contributed by atoms with Crippen LogP contribution in [-0.2, 0) is 6.54 Å². The van der Waals surface area contributed by atoms with Gasteiger partial charge in [0.25, 0.3) is 0 Å². The van der Waals surface area contributed by atoms with E-state index in [-0.39, 0.29) is 0 Å². The van der Waals surface area contributed by atoms with Crippen LogP contribution < -0.4 is 5.32 Å². The molecule has 20 heavy (non-hydrogen) atoms. The van der Waals surface area contributed by atoms with E-state index in [9.17, 15) is 0 Å². The minimum absolute atomic E-state index is 0.509. The van der Waals surface area contributed by atoms with Crippen molar-refractivity contribution in [2.45, 2.75) is 43.1 Å². The van der Waals surface area contributed by atoms with Crippen molar-refractivity contribution in [2.75, 3.05) is 0 Å². The second-order valence-corrected chi connectivity index (χ2v) is 7.19. The third-order valence-electron chi connectivity index (χ3n) is 2.93. The van der Waals surface area contributed by atoms with Gasteiger partial charge in [0.2, 0.25) is 0 Å². The monoisotopic (exact) mass is 349 g/mol. The molecule has 2 rings (SSSR count). The smallest absolute Gasteiger partial charge is 0.0318 e. The molecule has 0 radical (unpaired) electrons. The summed E-state index contributed by atoms with van der Waals surface area (Å²) in [5.74, 6) is 0. The van der Waals surface area contributed by atoms with Crippen molar-refractivity contribution in [3.8, 4) is 0 Å². The molecule has 106 valence electrons. The fourth-order valence-corrected chi connectivity index (χ4v) is 3.47. The molecule has 0 heterocycles. The molecule has 3 heteroatoms. The molecule has 0 amide bonds. The fourth-order valence-electron chi connectivity index (χ4n) is 1.86. The number of hydrogen-bond donors (Lipinski definition) is 1. The summed E-state index contributed by atoms with van der Waals surface area (Å²) in [5.41, 5.74) is 2.60. The fraction of sp³-hybridized carbons (Fsp3) is 0.294. The topological polar surface area (TPSA) is 12.0 Å². The summed E-state index contributed by atoms with van der Waals surface area (Å²) in [7, 11) is 0. The van der Waals surface area contributed by atoms with Crippen LogP contribution in [0.1, 0.15) is 25.0 Å². The summed E-state index contributed by atoms with van der Waals surface area (Å²) in [6.07, 6.45) is 0. The summed E-state index contributed by atoms with van der Waals surface area (Å²) in [5, 5.41) is 3.44. The maximum Gasteiger partial charge on any atom is 0.0318 e. The van der Waals surface area contributed by atoms with Crippen LogP contribution in [-0.4, -0.2) is 6.04 Å². The van der Waals surface area contributed by atoms with Crippen LogP contribution in [0, 0.1) is 6.92 Å². The Kier molecular flexibility index (Phi) is 5.70. The van der Waals surface area contributed by atoms with Gasteiger partial charge in [-0.25, -0.2) is 0 Å². The van der Waals surface area contributed by atoms with Crippen LogP contribution >= 0.6 is 27.7 Å². The van der Waals surface area contributed by atoms with Crippen molar-refractivity contribution in [1.82, 2.24) is 5.32 Å². The summed E-state index contributed by atoms with van der Waals surface area (Å²) >= 11 is 5.48. The van der Waals surface area contributed by atoms with Crippen molar-refractivity contribution in [1.29, 1.82) is 0 Å². The molecule has 2 aromatic rings. The Hall–Kier alpha value is -0.770. The normalized spacial score (nSPS) is 11.1. The summed E-state index contributed by atoms with van der Waals surface area (Å²) in [6, 6.07) is 15.7. The van der Waals surface area contributed by atoms with Crippen LogP contribution in [0.5, 0.6) is 0 Å². The van der Waals surface area contributed by atoms with Crippen molar-refractivity contribution in [3.05, 3.63) is 58.1 Å². The average Bonchev–Trinajstić information content (AvgIpc) is 2.39. The highest BCUT2D eigenvalue weighted by Crippen LogP contribution is 2.34. The first-order chi connectivity index (χ1) is 9.54. The van der Waals surface area contributed by atoms with E-state index < -0.39 is 0 Å². The molecule has 0 saturated heterocycles. The van der Waals surface area contributed by atoms with Crippen molar-refractivity contribution < 1.29 is 0 Å². The first-order valence-electron chi connectivity index (χ1n) is 6.81. The minimum atomic E-state index is 0.509. The van der Waals surface area contributed by atoms with Gasteiger partial charge in [-0.3, -0.25) is 0 Å². The van der Waals surface area contributed by atoms with E-state index in [4.69, 9.17) is 0 Å². The first-order valence-corrected chi connectivity index (χ1v) is 8.42. The van der Waals surface area contributed by atoms with Gasteiger partial charge in [-0.05, 0) is 52.7 Å². The molecule has 0 fully saturated rings. The lowest BCUT2D eigenvalue weighted by atomic mass is 10.2. The number of aryl methyl sites for hydroxylation is 1. The van der Waals surface area contributed by atoms with E-state index in [2.05, 4.69) is 84.5 Å². The van der Waals surface area contributed by atoms with Crippen molar-refractivity contribution in [2.24, 2.45) is 0 Å². The van der Waals surface area contributed by atoms with Crippen LogP contribution in [0.4, 0.5) is 0 Å². The number of rotatable bonds is 5. The molecule has 1 N–H and O–H groups in total. The van der Waals surface area contributed by atoms with Gasteiger partial charge in [-0.15, -0.1) is 0 Å². The maximum absolute atomic E-state index is 3.68. The lowest BCUT2D eigenvalue weighted by molar-refractivity contribution is 0.588. The van der Waals surface area contributed by atoms with Gasteiger partial charge in [0.1, 0.15) is 0 Å². The summed E-state index contributed by atoms with van der Waals surface area (Å²) in [4.78, 5) is 2.53. The lowest BCUT2D eigenvalue weighted by Gasteiger charge is -2.10.